The van der Waals surface area contributed by atoms with Crippen LogP contribution < -0.4 is 9.30 Å². The van der Waals surface area contributed by atoms with Crippen LogP contribution >= 0.6 is 0 Å². The van der Waals surface area contributed by atoms with E-state index in [1.165, 1.54) is 24.2 Å². The summed E-state index contributed by atoms with van der Waals surface area (Å²) in [5.41, 5.74) is -0.807. The molecular formula is C13H14N3O4+. The molecule has 7 nitrogen and oxygen atoms in total. The summed E-state index contributed by atoms with van der Waals surface area (Å²) >= 11 is 0. The lowest BCUT2D eigenvalue weighted by Crippen LogP contribution is -2.58. The number of carboxylic acid groups (broad SMARTS) is 1. The van der Waals surface area contributed by atoms with Crippen LogP contribution in [0, 0.1) is 4.91 Å². The highest BCUT2D eigenvalue weighted by atomic mass is 16.5. The molecule has 0 aliphatic rings. The van der Waals surface area contributed by atoms with Crippen molar-refractivity contribution in [1.29, 1.82) is 0 Å². The Bertz CT molecular complexity index is 635. The van der Waals surface area contributed by atoms with Gasteiger partial charge in [-0.05, 0) is 19.1 Å². The summed E-state index contributed by atoms with van der Waals surface area (Å²) in [6.45, 7) is 1.54. The zero-order valence-electron chi connectivity index (χ0n) is 11.0. The largest absolute Gasteiger partial charge is 0.497 e. The van der Waals surface area contributed by atoms with Crippen molar-refractivity contribution in [2.24, 2.45) is 5.18 Å². The zero-order chi connectivity index (χ0) is 14.8. The number of aromatic amines is 1. The van der Waals surface area contributed by atoms with Crippen molar-refractivity contribution in [3.8, 4) is 5.75 Å². The molecule has 0 radical (unpaired) electrons. The van der Waals surface area contributed by atoms with E-state index >= 15 is 0 Å². The zero-order valence-corrected chi connectivity index (χ0v) is 11.0. The summed E-state index contributed by atoms with van der Waals surface area (Å²) in [5.74, 6) is -0.356. The Kier molecular flexibility index (Phi) is 3.51. The molecule has 1 heterocycles. The third kappa shape index (κ3) is 2.13. The van der Waals surface area contributed by atoms with Gasteiger partial charge in [0.15, 0.2) is 6.20 Å². The van der Waals surface area contributed by atoms with Crippen LogP contribution in [0.25, 0.3) is 0 Å². The van der Waals surface area contributed by atoms with Crippen molar-refractivity contribution < 1.29 is 19.2 Å². The van der Waals surface area contributed by atoms with E-state index in [2.05, 4.69) is 10.2 Å². The quantitative estimate of drug-likeness (QED) is 0.639. The summed E-state index contributed by atoms with van der Waals surface area (Å²) in [6.07, 6.45) is 2.75. The van der Waals surface area contributed by atoms with Crippen molar-refractivity contribution in [1.82, 2.24) is 4.98 Å². The minimum Gasteiger partial charge on any atom is -0.497 e. The number of benzene rings is 1. The van der Waals surface area contributed by atoms with E-state index in [0.717, 1.165) is 0 Å². The van der Waals surface area contributed by atoms with E-state index in [-0.39, 0.29) is 5.82 Å². The van der Waals surface area contributed by atoms with E-state index in [1.54, 1.807) is 31.2 Å². The van der Waals surface area contributed by atoms with Gasteiger partial charge in [0.05, 0.1) is 7.11 Å². The lowest BCUT2D eigenvalue weighted by Gasteiger charge is -2.21. The first-order valence-corrected chi connectivity index (χ1v) is 5.84. The van der Waals surface area contributed by atoms with Gasteiger partial charge in [-0.15, -0.1) is 4.91 Å². The summed E-state index contributed by atoms with van der Waals surface area (Å²) in [4.78, 5) is 24.8. The summed E-state index contributed by atoms with van der Waals surface area (Å²) in [7, 11) is 1.54. The predicted octanol–water partition coefficient (Wildman–Crippen LogP) is 1.56. The molecule has 0 aliphatic carbocycles. The standard InChI is InChI=1S/C13H13N3O4/c1-13(12(17)18,16-7-11(15-19)14-8-16)9-3-5-10(20-2)6-4-9/h3-8H,1-2H3,(H,17,18)/p+1. The number of imidazole rings is 1. The molecule has 2 rings (SSSR count). The molecule has 0 amide bonds. The van der Waals surface area contributed by atoms with Crippen molar-refractivity contribution in [3.05, 3.63) is 47.3 Å². The Morgan fingerprint density at radius 1 is 1.40 bits per heavy atom. The summed E-state index contributed by atoms with van der Waals surface area (Å²) in [6, 6.07) is 6.70. The van der Waals surface area contributed by atoms with Gasteiger partial charge in [0.1, 0.15) is 5.75 Å². The Morgan fingerprint density at radius 3 is 2.50 bits per heavy atom. The van der Waals surface area contributed by atoms with Gasteiger partial charge >= 0.3 is 5.97 Å². The monoisotopic (exact) mass is 276 g/mol. The Hall–Kier alpha value is -2.70. The number of ether oxygens (including phenoxy) is 1. The minimum atomic E-state index is -1.36. The molecule has 2 N–H and O–H groups in total. The maximum atomic E-state index is 11.7. The average molecular weight is 276 g/mol. The maximum absolute atomic E-state index is 11.7. The fourth-order valence-electron chi connectivity index (χ4n) is 1.95. The molecule has 20 heavy (non-hydrogen) atoms. The van der Waals surface area contributed by atoms with E-state index in [9.17, 15) is 14.8 Å². The number of hydrogen-bond donors (Lipinski definition) is 2. The molecule has 0 fully saturated rings. The van der Waals surface area contributed by atoms with Gasteiger partial charge in [0, 0.05) is 10.7 Å². The number of nitroso groups, excluding NO2 is 1. The first kappa shape index (κ1) is 13.7. The van der Waals surface area contributed by atoms with Crippen LogP contribution in [0.15, 0.2) is 42.0 Å². The first-order chi connectivity index (χ1) is 9.52. The molecule has 0 saturated heterocycles. The molecule has 1 aromatic heterocycles. The van der Waals surface area contributed by atoms with Crippen LogP contribution in [0.1, 0.15) is 12.5 Å². The van der Waals surface area contributed by atoms with Crippen LogP contribution in [-0.2, 0) is 10.3 Å². The summed E-state index contributed by atoms with van der Waals surface area (Å²) < 4.78 is 6.45. The molecule has 0 spiro atoms. The minimum absolute atomic E-state index is 0.0611. The number of H-pyrrole nitrogens is 1. The predicted molar refractivity (Wildman–Crippen MR) is 69.8 cm³/mol. The summed E-state index contributed by atoms with van der Waals surface area (Å²) in [5, 5.41) is 12.3. The molecule has 1 atom stereocenters. The molecule has 0 saturated carbocycles. The third-order valence-electron chi connectivity index (χ3n) is 3.30. The highest BCUT2D eigenvalue weighted by Gasteiger charge is 2.42. The lowest BCUT2D eigenvalue weighted by atomic mass is 9.92. The molecule has 0 bridgehead atoms. The van der Waals surface area contributed by atoms with Gasteiger partial charge in [0.2, 0.25) is 11.9 Å². The lowest BCUT2D eigenvalue weighted by molar-refractivity contribution is -0.735. The Balaban J connectivity index is 2.52. The molecule has 2 aromatic rings. The topological polar surface area (TPSA) is 95.6 Å². The van der Waals surface area contributed by atoms with Crippen molar-refractivity contribution in [3.63, 3.8) is 0 Å². The number of methoxy groups -OCH3 is 1. The molecule has 104 valence electrons. The van der Waals surface area contributed by atoms with Gasteiger partial charge in [-0.3, -0.25) is 0 Å². The van der Waals surface area contributed by atoms with Crippen molar-refractivity contribution in [2.75, 3.05) is 7.11 Å². The second kappa shape index (κ2) is 5.12. The second-order valence-corrected chi connectivity index (χ2v) is 4.39. The van der Waals surface area contributed by atoms with Gasteiger partial charge < -0.3 is 9.84 Å². The number of aromatic nitrogens is 2. The van der Waals surface area contributed by atoms with Crippen LogP contribution in [0.3, 0.4) is 0 Å². The maximum Gasteiger partial charge on any atom is 0.357 e. The highest BCUT2D eigenvalue weighted by Crippen LogP contribution is 2.24. The SMILES string of the molecule is COc1ccc(C(C)(C(=O)O)[n+]2c[nH]c(N=O)c2)cc1. The Morgan fingerprint density at radius 2 is 2.05 bits per heavy atom. The van der Waals surface area contributed by atoms with Gasteiger partial charge in [-0.25, -0.2) is 14.3 Å². The average Bonchev–Trinajstić information content (AvgIpc) is 2.95. The van der Waals surface area contributed by atoms with Crippen molar-refractivity contribution >= 4 is 11.8 Å². The molecule has 7 heteroatoms. The normalized spacial score (nSPS) is 13.5. The van der Waals surface area contributed by atoms with E-state index < -0.39 is 11.5 Å². The smallest absolute Gasteiger partial charge is 0.357 e. The van der Waals surface area contributed by atoms with Gasteiger partial charge in [0.25, 0.3) is 5.82 Å². The molecule has 1 unspecified atom stereocenters. The molecule has 1 aromatic carbocycles. The fourth-order valence-corrected chi connectivity index (χ4v) is 1.95. The van der Waals surface area contributed by atoms with E-state index in [1.807, 2.05) is 0 Å². The fraction of sp³-hybridized carbons (Fsp3) is 0.231. The van der Waals surface area contributed by atoms with E-state index in [4.69, 9.17) is 4.74 Å². The van der Waals surface area contributed by atoms with Crippen molar-refractivity contribution in [2.45, 2.75) is 12.5 Å². The number of rotatable bonds is 5. The number of aliphatic carboxylic acids is 1. The number of hydrogen-bond acceptors (Lipinski definition) is 4. The van der Waals surface area contributed by atoms with Crippen LogP contribution in [0.4, 0.5) is 5.82 Å². The number of carbonyl (C=O) groups is 1. The first-order valence-electron chi connectivity index (χ1n) is 5.84. The van der Waals surface area contributed by atoms with Crippen LogP contribution in [0.5, 0.6) is 5.75 Å². The highest BCUT2D eigenvalue weighted by molar-refractivity contribution is 5.78. The molecular weight excluding hydrogens is 262 g/mol. The number of nitrogens with one attached hydrogen (secondary N) is 1. The second-order valence-electron chi connectivity index (χ2n) is 4.39. The van der Waals surface area contributed by atoms with Crippen LogP contribution in [0.2, 0.25) is 0 Å². The third-order valence-corrected chi connectivity index (χ3v) is 3.30. The Labute approximate surface area is 114 Å². The van der Waals surface area contributed by atoms with Gasteiger partial charge in [-0.1, -0.05) is 12.1 Å². The van der Waals surface area contributed by atoms with E-state index in [0.29, 0.717) is 11.3 Å². The molecule has 0 aliphatic heterocycles. The van der Waals surface area contributed by atoms with Gasteiger partial charge in [-0.2, -0.15) is 0 Å². The number of nitrogens with zero attached hydrogens (tertiary/aromatic N) is 2. The number of carboxylic acids is 1. The van der Waals surface area contributed by atoms with Crippen LogP contribution in [-0.4, -0.2) is 23.2 Å².